The number of carbonyl (C=O) groups is 2. The van der Waals surface area contributed by atoms with Crippen molar-refractivity contribution in [1.82, 2.24) is 0 Å². The van der Waals surface area contributed by atoms with E-state index in [9.17, 15) is 9.59 Å². The number of hydrogen-bond donors (Lipinski definition) is 1. The molecule has 0 saturated carbocycles. The lowest BCUT2D eigenvalue weighted by Crippen LogP contribution is -2.47. The van der Waals surface area contributed by atoms with Crippen LogP contribution in [0, 0.1) is 0 Å². The van der Waals surface area contributed by atoms with Crippen LogP contribution in [0.2, 0.25) is 0 Å². The fourth-order valence-electron chi connectivity index (χ4n) is 1.61. The standard InChI is InChI=1S/C12H21NO5/c1-3-10(14)16-7-8-5-6-9(13)12(17-8)18-11(15)4-2/h8-9,12H,3-7,13H2,1-2H3. The lowest BCUT2D eigenvalue weighted by atomic mass is 10.0. The van der Waals surface area contributed by atoms with E-state index in [1.807, 2.05) is 0 Å². The first-order chi connectivity index (χ1) is 8.56. The summed E-state index contributed by atoms with van der Waals surface area (Å²) in [5, 5.41) is 0. The van der Waals surface area contributed by atoms with Crippen LogP contribution in [-0.4, -0.2) is 37.0 Å². The molecule has 1 aliphatic rings. The minimum atomic E-state index is -0.739. The molecule has 0 spiro atoms. The molecule has 0 radical (unpaired) electrons. The molecule has 3 unspecified atom stereocenters. The van der Waals surface area contributed by atoms with Gasteiger partial charge in [0, 0.05) is 12.8 Å². The molecule has 1 rings (SSSR count). The number of esters is 2. The monoisotopic (exact) mass is 259 g/mol. The largest absolute Gasteiger partial charge is 0.463 e. The molecule has 0 aliphatic carbocycles. The van der Waals surface area contributed by atoms with E-state index < -0.39 is 6.29 Å². The molecule has 0 aromatic heterocycles. The van der Waals surface area contributed by atoms with Crippen molar-refractivity contribution in [2.75, 3.05) is 6.61 Å². The number of carbonyl (C=O) groups excluding carboxylic acids is 2. The summed E-state index contributed by atoms with van der Waals surface area (Å²) in [7, 11) is 0. The Kier molecular flexibility index (Phi) is 6.07. The van der Waals surface area contributed by atoms with Gasteiger partial charge in [-0.15, -0.1) is 0 Å². The topological polar surface area (TPSA) is 87.9 Å². The summed E-state index contributed by atoms with van der Waals surface area (Å²) in [6.07, 6.45) is 0.989. The Labute approximate surface area is 107 Å². The van der Waals surface area contributed by atoms with Gasteiger partial charge in [0.25, 0.3) is 0 Å². The van der Waals surface area contributed by atoms with Crippen molar-refractivity contribution in [3.05, 3.63) is 0 Å². The molecule has 1 fully saturated rings. The van der Waals surface area contributed by atoms with E-state index in [0.29, 0.717) is 19.3 Å². The summed E-state index contributed by atoms with van der Waals surface area (Å²) in [4.78, 5) is 22.2. The maximum absolute atomic E-state index is 11.2. The highest BCUT2D eigenvalue weighted by Crippen LogP contribution is 2.20. The number of hydrogen-bond acceptors (Lipinski definition) is 6. The van der Waals surface area contributed by atoms with Gasteiger partial charge < -0.3 is 19.9 Å². The second-order valence-electron chi connectivity index (χ2n) is 4.25. The molecule has 0 bridgehead atoms. The highest BCUT2D eigenvalue weighted by atomic mass is 16.7. The Bertz CT molecular complexity index is 294. The Hall–Kier alpha value is -1.14. The van der Waals surface area contributed by atoms with Gasteiger partial charge in [-0.1, -0.05) is 13.8 Å². The van der Waals surface area contributed by atoms with Crippen molar-refractivity contribution in [2.24, 2.45) is 5.73 Å². The zero-order valence-corrected chi connectivity index (χ0v) is 10.9. The van der Waals surface area contributed by atoms with E-state index in [4.69, 9.17) is 19.9 Å². The molecule has 18 heavy (non-hydrogen) atoms. The van der Waals surface area contributed by atoms with Crippen LogP contribution in [0.1, 0.15) is 39.5 Å². The van der Waals surface area contributed by atoms with Gasteiger partial charge in [0.2, 0.25) is 6.29 Å². The Morgan fingerprint density at radius 1 is 1.22 bits per heavy atom. The van der Waals surface area contributed by atoms with Gasteiger partial charge in [0.05, 0.1) is 12.1 Å². The highest BCUT2D eigenvalue weighted by Gasteiger charge is 2.31. The Balaban J connectivity index is 2.39. The van der Waals surface area contributed by atoms with E-state index in [-0.39, 0.29) is 37.1 Å². The third-order valence-electron chi connectivity index (χ3n) is 2.75. The first-order valence-corrected chi connectivity index (χ1v) is 6.33. The maximum atomic E-state index is 11.2. The van der Waals surface area contributed by atoms with Gasteiger partial charge in [0.1, 0.15) is 6.61 Å². The van der Waals surface area contributed by atoms with Gasteiger partial charge in [-0.3, -0.25) is 9.59 Å². The molecular formula is C12H21NO5. The summed E-state index contributed by atoms with van der Waals surface area (Å²) < 4.78 is 15.6. The van der Waals surface area contributed by atoms with Gasteiger partial charge in [0.15, 0.2) is 0 Å². The van der Waals surface area contributed by atoms with Gasteiger partial charge >= 0.3 is 11.9 Å². The zero-order chi connectivity index (χ0) is 13.5. The first-order valence-electron chi connectivity index (χ1n) is 6.33. The Morgan fingerprint density at radius 3 is 2.50 bits per heavy atom. The second-order valence-corrected chi connectivity index (χ2v) is 4.25. The molecule has 2 N–H and O–H groups in total. The molecule has 1 heterocycles. The summed E-state index contributed by atoms with van der Waals surface area (Å²) in [5.41, 5.74) is 5.82. The third kappa shape index (κ3) is 4.62. The molecular weight excluding hydrogens is 238 g/mol. The highest BCUT2D eigenvalue weighted by molar-refractivity contribution is 5.69. The van der Waals surface area contributed by atoms with Crippen LogP contribution in [0.5, 0.6) is 0 Å². The molecule has 3 atom stereocenters. The third-order valence-corrected chi connectivity index (χ3v) is 2.75. The summed E-state index contributed by atoms with van der Waals surface area (Å²) >= 11 is 0. The van der Waals surface area contributed by atoms with E-state index >= 15 is 0 Å². The predicted octanol–water partition coefficient (Wildman–Crippen LogP) is 0.725. The zero-order valence-electron chi connectivity index (χ0n) is 10.9. The summed E-state index contributed by atoms with van der Waals surface area (Å²) in [5.74, 6) is -0.614. The normalized spacial score (nSPS) is 27.6. The van der Waals surface area contributed by atoms with Gasteiger partial charge in [-0.25, -0.2) is 0 Å². The van der Waals surface area contributed by atoms with E-state index in [1.165, 1.54) is 0 Å². The molecule has 6 heteroatoms. The van der Waals surface area contributed by atoms with Crippen LogP contribution in [0.4, 0.5) is 0 Å². The predicted molar refractivity (Wildman–Crippen MR) is 63.5 cm³/mol. The molecule has 0 aromatic rings. The van der Waals surface area contributed by atoms with Crippen molar-refractivity contribution < 1.29 is 23.8 Å². The van der Waals surface area contributed by atoms with Crippen molar-refractivity contribution >= 4 is 11.9 Å². The summed E-state index contributed by atoms with van der Waals surface area (Å²) in [6.45, 7) is 3.61. The van der Waals surface area contributed by atoms with Crippen molar-refractivity contribution in [1.29, 1.82) is 0 Å². The van der Waals surface area contributed by atoms with Gasteiger partial charge in [-0.2, -0.15) is 0 Å². The minimum absolute atomic E-state index is 0.180. The lowest BCUT2D eigenvalue weighted by molar-refractivity contribution is -0.215. The molecule has 1 saturated heterocycles. The SMILES string of the molecule is CCC(=O)OCC1CCC(N)C(OC(=O)CC)O1. The molecule has 0 amide bonds. The van der Waals surface area contributed by atoms with Crippen LogP contribution in [0.25, 0.3) is 0 Å². The van der Waals surface area contributed by atoms with Gasteiger partial charge in [-0.05, 0) is 12.8 Å². The fourth-order valence-corrected chi connectivity index (χ4v) is 1.61. The Morgan fingerprint density at radius 2 is 1.89 bits per heavy atom. The van der Waals surface area contributed by atoms with Crippen molar-refractivity contribution in [3.63, 3.8) is 0 Å². The van der Waals surface area contributed by atoms with Crippen molar-refractivity contribution in [3.8, 4) is 0 Å². The van der Waals surface area contributed by atoms with Crippen LogP contribution in [-0.2, 0) is 23.8 Å². The number of rotatable bonds is 5. The fraction of sp³-hybridized carbons (Fsp3) is 0.833. The van der Waals surface area contributed by atoms with Crippen LogP contribution >= 0.6 is 0 Å². The molecule has 1 aliphatic heterocycles. The lowest BCUT2D eigenvalue weighted by Gasteiger charge is -2.33. The van der Waals surface area contributed by atoms with Crippen LogP contribution in [0.15, 0.2) is 0 Å². The molecule has 104 valence electrons. The van der Waals surface area contributed by atoms with E-state index in [0.717, 1.165) is 0 Å². The second kappa shape index (κ2) is 7.33. The molecule has 6 nitrogen and oxygen atoms in total. The van der Waals surface area contributed by atoms with Crippen molar-refractivity contribution in [2.45, 2.75) is 58.0 Å². The van der Waals surface area contributed by atoms with E-state index in [1.54, 1.807) is 13.8 Å². The van der Waals surface area contributed by atoms with Crippen LogP contribution in [0.3, 0.4) is 0 Å². The first kappa shape index (κ1) is 14.9. The minimum Gasteiger partial charge on any atom is -0.463 e. The average Bonchev–Trinajstić information content (AvgIpc) is 2.38. The quantitative estimate of drug-likeness (QED) is 0.732. The van der Waals surface area contributed by atoms with E-state index in [2.05, 4.69) is 0 Å². The summed E-state index contributed by atoms with van der Waals surface area (Å²) in [6, 6.07) is -0.321. The molecule has 0 aromatic carbocycles. The maximum Gasteiger partial charge on any atom is 0.307 e. The van der Waals surface area contributed by atoms with Crippen LogP contribution < -0.4 is 5.73 Å². The average molecular weight is 259 g/mol. The number of nitrogens with two attached hydrogens (primary N) is 1. The number of ether oxygens (including phenoxy) is 3. The smallest absolute Gasteiger partial charge is 0.307 e.